The first kappa shape index (κ1) is 16.2. The zero-order valence-electron chi connectivity index (χ0n) is 14.0. The third-order valence-electron chi connectivity index (χ3n) is 3.96. The maximum atomic E-state index is 13.0. The zero-order chi connectivity index (χ0) is 17.3. The highest BCUT2D eigenvalue weighted by Gasteiger charge is 2.18. The van der Waals surface area contributed by atoms with Crippen molar-refractivity contribution in [1.29, 1.82) is 0 Å². The molecule has 7 nitrogen and oxygen atoms in total. The molecule has 0 radical (unpaired) electrons. The van der Waals surface area contributed by atoms with E-state index in [1.807, 2.05) is 38.4 Å². The zero-order valence-corrected chi connectivity index (χ0v) is 14.0. The fourth-order valence-electron chi connectivity index (χ4n) is 2.67. The topological polar surface area (TPSA) is 85.0 Å². The second-order valence-corrected chi connectivity index (χ2v) is 5.98. The van der Waals surface area contributed by atoms with Crippen molar-refractivity contribution < 1.29 is 5.11 Å². The number of aliphatic hydroxyl groups is 1. The van der Waals surface area contributed by atoms with Crippen LogP contribution in [-0.4, -0.2) is 37.1 Å². The molecule has 2 aromatic heterocycles. The van der Waals surface area contributed by atoms with Gasteiger partial charge in [-0.2, -0.15) is 5.10 Å². The highest BCUT2D eigenvalue weighted by Crippen LogP contribution is 2.21. The second kappa shape index (κ2) is 6.45. The number of para-hydroxylation sites is 1. The highest BCUT2D eigenvalue weighted by molar-refractivity contribution is 5.78. The lowest BCUT2D eigenvalue weighted by Crippen LogP contribution is -2.30. The van der Waals surface area contributed by atoms with Gasteiger partial charge in [-0.3, -0.25) is 14.0 Å². The van der Waals surface area contributed by atoms with Gasteiger partial charge in [-0.25, -0.2) is 4.98 Å². The number of benzene rings is 1. The number of aryl methyl sites for hydroxylation is 1. The highest BCUT2D eigenvalue weighted by atomic mass is 16.3. The van der Waals surface area contributed by atoms with Crippen molar-refractivity contribution >= 4 is 16.9 Å². The number of nitrogens with one attached hydrogen (secondary N) is 1. The molecule has 0 fully saturated rings. The molecule has 0 saturated heterocycles. The minimum absolute atomic E-state index is 0.120. The van der Waals surface area contributed by atoms with Gasteiger partial charge in [0.2, 0.25) is 5.95 Å². The lowest BCUT2D eigenvalue weighted by molar-refractivity contribution is 0.208. The summed E-state index contributed by atoms with van der Waals surface area (Å²) in [6, 6.07) is 7.02. The fraction of sp³-hybridized carbons (Fsp3) is 0.353. The number of aliphatic hydroxyl groups excluding tert-OH is 1. The van der Waals surface area contributed by atoms with Gasteiger partial charge in [-0.05, 0) is 26.0 Å². The van der Waals surface area contributed by atoms with Crippen molar-refractivity contribution in [2.45, 2.75) is 26.0 Å². The molecule has 24 heavy (non-hydrogen) atoms. The van der Waals surface area contributed by atoms with Crippen molar-refractivity contribution in [1.82, 2.24) is 19.3 Å². The summed E-state index contributed by atoms with van der Waals surface area (Å²) in [4.78, 5) is 17.6. The van der Waals surface area contributed by atoms with Gasteiger partial charge < -0.3 is 10.4 Å². The minimum Gasteiger partial charge on any atom is -0.392 e. The van der Waals surface area contributed by atoms with Crippen LogP contribution >= 0.6 is 0 Å². The van der Waals surface area contributed by atoms with Crippen LogP contribution in [-0.2, 0) is 7.05 Å². The predicted octanol–water partition coefficient (Wildman–Crippen LogP) is 1.53. The third kappa shape index (κ3) is 3.03. The molecule has 0 spiro atoms. The van der Waals surface area contributed by atoms with E-state index in [9.17, 15) is 9.90 Å². The van der Waals surface area contributed by atoms with Crippen LogP contribution in [0.3, 0.4) is 0 Å². The van der Waals surface area contributed by atoms with Crippen LogP contribution in [0.25, 0.3) is 10.9 Å². The molecule has 3 rings (SSSR count). The van der Waals surface area contributed by atoms with Gasteiger partial charge in [-0.1, -0.05) is 12.1 Å². The number of hydrogen-bond donors (Lipinski definition) is 2. The van der Waals surface area contributed by atoms with Crippen LogP contribution in [0, 0.1) is 0 Å². The third-order valence-corrected chi connectivity index (χ3v) is 3.96. The Hall–Kier alpha value is -2.67. The Kier molecular flexibility index (Phi) is 4.35. The van der Waals surface area contributed by atoms with Crippen LogP contribution in [0.1, 0.15) is 25.5 Å². The largest absolute Gasteiger partial charge is 0.392 e. The average Bonchev–Trinajstić information content (AvgIpc) is 2.99. The number of nitrogens with zero attached hydrogens (tertiary/aromatic N) is 4. The van der Waals surface area contributed by atoms with Gasteiger partial charge in [0.15, 0.2) is 0 Å². The first-order valence-corrected chi connectivity index (χ1v) is 7.89. The number of rotatable bonds is 5. The van der Waals surface area contributed by atoms with Crippen LogP contribution in [0.5, 0.6) is 0 Å². The van der Waals surface area contributed by atoms with Gasteiger partial charge in [0.1, 0.15) is 0 Å². The molecule has 3 aromatic rings. The van der Waals surface area contributed by atoms with Crippen molar-refractivity contribution in [3.63, 3.8) is 0 Å². The molecule has 0 amide bonds. The van der Waals surface area contributed by atoms with E-state index in [0.29, 0.717) is 23.4 Å². The standard InChI is InChI=1S/C17H21N5O2/c1-11(23)8-18-17-20-15-7-5-4-6-14(15)16(24)22(17)12(2)13-9-19-21(3)10-13/h4-7,9-12,23H,8H2,1-3H3,(H,18,20). The molecule has 2 unspecified atom stereocenters. The summed E-state index contributed by atoms with van der Waals surface area (Å²) < 4.78 is 3.32. The molecular weight excluding hydrogens is 306 g/mol. The first-order chi connectivity index (χ1) is 11.5. The molecule has 2 atom stereocenters. The summed E-state index contributed by atoms with van der Waals surface area (Å²) in [5, 5.41) is 17.4. The SMILES string of the molecule is CC(O)CNc1nc2ccccc2c(=O)n1C(C)c1cnn(C)c1. The molecular formula is C17H21N5O2. The summed E-state index contributed by atoms with van der Waals surface area (Å²) in [6.07, 6.45) is 3.07. The Morgan fingerprint density at radius 1 is 1.29 bits per heavy atom. The molecule has 0 saturated carbocycles. The van der Waals surface area contributed by atoms with Gasteiger partial charge in [0, 0.05) is 25.4 Å². The van der Waals surface area contributed by atoms with Crippen molar-refractivity contribution in [2.75, 3.05) is 11.9 Å². The lowest BCUT2D eigenvalue weighted by atomic mass is 10.1. The molecule has 7 heteroatoms. The molecule has 0 aliphatic heterocycles. The minimum atomic E-state index is -0.546. The van der Waals surface area contributed by atoms with Gasteiger partial charge in [-0.15, -0.1) is 0 Å². The Labute approximate surface area is 139 Å². The molecule has 1 aromatic carbocycles. The monoisotopic (exact) mass is 327 g/mol. The summed E-state index contributed by atoms with van der Waals surface area (Å²) >= 11 is 0. The lowest BCUT2D eigenvalue weighted by Gasteiger charge is -2.20. The Morgan fingerprint density at radius 3 is 2.71 bits per heavy atom. The fourth-order valence-corrected chi connectivity index (χ4v) is 2.67. The molecule has 2 N–H and O–H groups in total. The van der Waals surface area contributed by atoms with E-state index in [1.54, 1.807) is 28.4 Å². The Bertz CT molecular complexity index is 913. The summed E-state index contributed by atoms with van der Waals surface area (Å²) in [5.74, 6) is 0.441. The number of hydrogen-bond acceptors (Lipinski definition) is 5. The molecule has 0 aliphatic rings. The number of anilines is 1. The summed E-state index contributed by atoms with van der Waals surface area (Å²) in [6.45, 7) is 3.92. The average molecular weight is 327 g/mol. The Balaban J connectivity index is 2.17. The molecule has 0 aliphatic carbocycles. The smallest absolute Gasteiger partial charge is 0.263 e. The van der Waals surface area contributed by atoms with Crippen molar-refractivity contribution in [3.05, 3.63) is 52.6 Å². The van der Waals surface area contributed by atoms with E-state index in [-0.39, 0.29) is 11.6 Å². The summed E-state index contributed by atoms with van der Waals surface area (Å²) in [5.41, 5.74) is 1.42. The molecule has 0 bridgehead atoms. The van der Waals surface area contributed by atoms with Crippen LogP contribution in [0.2, 0.25) is 0 Å². The van der Waals surface area contributed by atoms with Crippen molar-refractivity contribution in [2.24, 2.45) is 7.05 Å². The second-order valence-electron chi connectivity index (χ2n) is 5.98. The quantitative estimate of drug-likeness (QED) is 0.742. The van der Waals surface area contributed by atoms with Gasteiger partial charge in [0.05, 0.1) is 29.2 Å². The number of aromatic nitrogens is 4. The Morgan fingerprint density at radius 2 is 2.04 bits per heavy atom. The normalized spacial score (nSPS) is 13.8. The molecule has 2 heterocycles. The number of fused-ring (bicyclic) bond motifs is 1. The van der Waals surface area contributed by atoms with Crippen LogP contribution in [0.15, 0.2) is 41.5 Å². The van der Waals surface area contributed by atoms with E-state index in [4.69, 9.17) is 0 Å². The molecule has 126 valence electrons. The maximum absolute atomic E-state index is 13.0. The summed E-state index contributed by atoms with van der Waals surface area (Å²) in [7, 11) is 1.84. The van der Waals surface area contributed by atoms with Crippen molar-refractivity contribution in [3.8, 4) is 0 Å². The van der Waals surface area contributed by atoms with E-state index in [2.05, 4.69) is 15.4 Å². The van der Waals surface area contributed by atoms with E-state index in [1.165, 1.54) is 0 Å². The van der Waals surface area contributed by atoms with E-state index in [0.717, 1.165) is 5.56 Å². The van der Waals surface area contributed by atoms with E-state index < -0.39 is 6.10 Å². The predicted molar refractivity (Wildman–Crippen MR) is 93.2 cm³/mol. The van der Waals surface area contributed by atoms with E-state index >= 15 is 0 Å². The van der Waals surface area contributed by atoms with Gasteiger partial charge in [0.25, 0.3) is 5.56 Å². The van der Waals surface area contributed by atoms with Gasteiger partial charge >= 0.3 is 0 Å². The van der Waals surface area contributed by atoms with Crippen LogP contribution < -0.4 is 10.9 Å². The first-order valence-electron chi connectivity index (χ1n) is 7.89. The maximum Gasteiger partial charge on any atom is 0.263 e. The van der Waals surface area contributed by atoms with Crippen LogP contribution in [0.4, 0.5) is 5.95 Å².